The summed E-state index contributed by atoms with van der Waals surface area (Å²) in [5.41, 5.74) is 2.23. The minimum atomic E-state index is -2.81. The van der Waals surface area contributed by atoms with E-state index in [-0.39, 0.29) is 23.3 Å². The maximum absolute atomic E-state index is 14.5. The van der Waals surface area contributed by atoms with Gasteiger partial charge in [0.1, 0.15) is 0 Å². The third-order valence-electron chi connectivity index (χ3n) is 6.03. The minimum Gasteiger partial charge on any atom is -0.343 e. The van der Waals surface area contributed by atoms with Crippen LogP contribution in [0.2, 0.25) is 0 Å². The largest absolute Gasteiger partial charge is 0.343 e. The Labute approximate surface area is 175 Å². The molecule has 1 fully saturated rings. The monoisotopic (exact) mass is 412 g/mol. The smallest absolute Gasteiger partial charge is 0.224 e. The molecule has 2 aromatic carbocycles. The van der Waals surface area contributed by atoms with Crippen molar-refractivity contribution in [2.75, 3.05) is 13.1 Å². The van der Waals surface area contributed by atoms with Crippen molar-refractivity contribution in [1.29, 1.82) is 0 Å². The fraction of sp³-hybridized carbons (Fsp3) is 0.458. The van der Waals surface area contributed by atoms with Gasteiger partial charge in [0.05, 0.1) is 11.3 Å². The van der Waals surface area contributed by atoms with Gasteiger partial charge >= 0.3 is 0 Å². The summed E-state index contributed by atoms with van der Waals surface area (Å²) in [5.74, 6) is 0.119. The van der Waals surface area contributed by atoms with Crippen LogP contribution >= 0.6 is 7.29 Å². The van der Waals surface area contributed by atoms with Crippen molar-refractivity contribution < 1.29 is 9.36 Å². The molecule has 5 heteroatoms. The molecule has 4 nitrogen and oxygen atoms in total. The predicted octanol–water partition coefficient (Wildman–Crippen LogP) is 5.78. The lowest BCUT2D eigenvalue weighted by molar-refractivity contribution is -0.131. The van der Waals surface area contributed by atoms with E-state index in [0.29, 0.717) is 19.5 Å². The van der Waals surface area contributed by atoms with Crippen LogP contribution in [0.15, 0.2) is 60.7 Å². The number of nitrogens with zero attached hydrogens (tertiary/aromatic N) is 1. The Morgan fingerprint density at radius 1 is 0.966 bits per heavy atom. The van der Waals surface area contributed by atoms with E-state index in [1.54, 1.807) is 0 Å². The highest BCUT2D eigenvalue weighted by Gasteiger charge is 2.48. The average Bonchev–Trinajstić information content (AvgIpc) is 3.06. The number of nitrogens with one attached hydrogen (secondary N) is 1. The first-order valence-corrected chi connectivity index (χ1v) is 12.6. The van der Waals surface area contributed by atoms with E-state index in [0.717, 1.165) is 24.0 Å². The van der Waals surface area contributed by atoms with Gasteiger partial charge in [0.2, 0.25) is 5.91 Å². The lowest BCUT2D eigenvalue weighted by Crippen LogP contribution is -2.36. The summed E-state index contributed by atoms with van der Waals surface area (Å²) in [5, 5.41) is 3.49. The number of carbonyl (C=O) groups is 1. The van der Waals surface area contributed by atoms with Gasteiger partial charge in [-0.25, -0.2) is 0 Å². The quantitative estimate of drug-likeness (QED) is 0.559. The summed E-state index contributed by atoms with van der Waals surface area (Å²) in [6.07, 6.45) is 2.16. The van der Waals surface area contributed by atoms with E-state index in [4.69, 9.17) is 0 Å². The number of hydrogen-bond donors (Lipinski definition) is 1. The molecule has 0 radical (unpaired) electrons. The number of hydrogen-bond acceptors (Lipinski definition) is 2. The molecule has 0 aliphatic carbocycles. The molecule has 1 saturated heterocycles. The number of rotatable bonds is 8. The lowest BCUT2D eigenvalue weighted by Gasteiger charge is -2.31. The van der Waals surface area contributed by atoms with Gasteiger partial charge in [0, 0.05) is 25.6 Å². The lowest BCUT2D eigenvalue weighted by atomic mass is 10.0. The molecule has 0 aromatic heterocycles. The molecule has 1 N–H and O–H groups in total. The molecule has 2 aromatic rings. The van der Waals surface area contributed by atoms with Crippen molar-refractivity contribution in [1.82, 2.24) is 9.99 Å². The van der Waals surface area contributed by atoms with E-state index in [9.17, 15) is 9.36 Å². The predicted molar refractivity (Wildman–Crippen MR) is 120 cm³/mol. The van der Waals surface area contributed by atoms with Crippen LogP contribution in [0.4, 0.5) is 0 Å². The summed E-state index contributed by atoms with van der Waals surface area (Å²) in [6, 6.07) is 20.3. The van der Waals surface area contributed by atoms with Gasteiger partial charge in [-0.2, -0.15) is 0 Å². The van der Waals surface area contributed by atoms with Crippen LogP contribution in [0.25, 0.3) is 0 Å². The van der Waals surface area contributed by atoms with Crippen LogP contribution in [0, 0.1) is 0 Å². The Bertz CT molecular complexity index is 785. The van der Waals surface area contributed by atoms with Crippen LogP contribution < -0.4 is 5.09 Å². The molecule has 3 atom stereocenters. The van der Waals surface area contributed by atoms with Crippen molar-refractivity contribution in [2.24, 2.45) is 0 Å². The number of amides is 1. The second-order valence-electron chi connectivity index (χ2n) is 7.94. The van der Waals surface area contributed by atoms with Gasteiger partial charge in [-0.3, -0.25) is 9.88 Å². The molecular weight excluding hydrogens is 379 g/mol. The second-order valence-corrected chi connectivity index (χ2v) is 10.9. The highest BCUT2D eigenvalue weighted by molar-refractivity contribution is 7.63. The molecule has 0 unspecified atom stereocenters. The third kappa shape index (κ3) is 4.82. The molecule has 0 bridgehead atoms. The van der Waals surface area contributed by atoms with E-state index in [1.807, 2.05) is 62.1 Å². The standard InChI is InChI=1S/C24H33N2O2P/c1-4-26(5-2)24(27)18-19(3)25-29(28)22(20-12-8-6-9-13-20)16-17-23(29)21-14-10-7-11-15-21/h6-15,19,22-23H,4-5,16-18H2,1-3H3,(H,25,28)/t19-,22-,23-/m0/s1. The normalized spacial score (nSPS) is 21.6. The molecule has 1 amide bonds. The van der Waals surface area contributed by atoms with Crippen molar-refractivity contribution in [3.05, 3.63) is 71.8 Å². The van der Waals surface area contributed by atoms with Crippen LogP contribution in [0.3, 0.4) is 0 Å². The Balaban J connectivity index is 1.87. The SMILES string of the molecule is CCN(CC)C(=O)C[C@H](C)NP1(=O)[C@H](c2ccccc2)CC[C@H]1c1ccccc1. The van der Waals surface area contributed by atoms with Gasteiger partial charge in [-0.15, -0.1) is 0 Å². The molecular formula is C24H33N2O2P. The van der Waals surface area contributed by atoms with Crippen LogP contribution in [0.5, 0.6) is 0 Å². The van der Waals surface area contributed by atoms with E-state index in [2.05, 4.69) is 29.4 Å². The van der Waals surface area contributed by atoms with Gasteiger partial charge < -0.3 is 9.46 Å². The van der Waals surface area contributed by atoms with Gasteiger partial charge in [0.25, 0.3) is 0 Å². The maximum atomic E-state index is 14.5. The van der Waals surface area contributed by atoms with E-state index >= 15 is 0 Å². The van der Waals surface area contributed by atoms with Crippen molar-refractivity contribution in [2.45, 2.75) is 57.4 Å². The van der Waals surface area contributed by atoms with Crippen molar-refractivity contribution in [3.8, 4) is 0 Å². The molecule has 1 heterocycles. The van der Waals surface area contributed by atoms with Gasteiger partial charge in [-0.1, -0.05) is 60.7 Å². The van der Waals surface area contributed by atoms with E-state index < -0.39 is 7.29 Å². The summed E-state index contributed by atoms with van der Waals surface area (Å²) in [4.78, 5) is 14.4. The fourth-order valence-electron chi connectivity index (χ4n) is 4.58. The van der Waals surface area contributed by atoms with E-state index in [1.165, 1.54) is 0 Å². The Morgan fingerprint density at radius 2 is 1.41 bits per heavy atom. The molecule has 1 aliphatic rings. The number of carbonyl (C=O) groups excluding carboxylic acids is 1. The Morgan fingerprint density at radius 3 is 1.83 bits per heavy atom. The first-order valence-electron chi connectivity index (χ1n) is 10.7. The third-order valence-corrected chi connectivity index (χ3v) is 9.84. The summed E-state index contributed by atoms with van der Waals surface area (Å²) >= 11 is 0. The Hall–Kier alpha value is -1.90. The summed E-state index contributed by atoms with van der Waals surface area (Å²) in [7, 11) is -2.81. The molecule has 1 aliphatic heterocycles. The van der Waals surface area contributed by atoms with Crippen LogP contribution in [-0.2, 0) is 9.36 Å². The highest BCUT2D eigenvalue weighted by atomic mass is 31.2. The van der Waals surface area contributed by atoms with Crippen molar-refractivity contribution >= 4 is 13.2 Å². The zero-order valence-electron chi connectivity index (χ0n) is 17.8. The minimum absolute atomic E-state index is 0.0140. The average molecular weight is 413 g/mol. The molecule has 0 spiro atoms. The fourth-order valence-corrected chi connectivity index (χ4v) is 8.45. The Kier molecular flexibility index (Phi) is 7.32. The maximum Gasteiger partial charge on any atom is 0.224 e. The van der Waals surface area contributed by atoms with Crippen LogP contribution in [0.1, 0.15) is 62.5 Å². The first-order chi connectivity index (χ1) is 14.0. The first kappa shape index (κ1) is 21.8. The van der Waals surface area contributed by atoms with Crippen LogP contribution in [-0.4, -0.2) is 29.9 Å². The second kappa shape index (κ2) is 9.73. The van der Waals surface area contributed by atoms with Gasteiger partial charge in [0.15, 0.2) is 7.29 Å². The summed E-state index contributed by atoms with van der Waals surface area (Å²) in [6.45, 7) is 7.40. The topological polar surface area (TPSA) is 49.4 Å². The number of benzene rings is 2. The summed E-state index contributed by atoms with van der Waals surface area (Å²) < 4.78 is 14.5. The highest BCUT2D eigenvalue weighted by Crippen LogP contribution is 2.74. The zero-order chi connectivity index (χ0) is 20.9. The molecule has 156 valence electrons. The molecule has 3 rings (SSSR count). The molecule has 0 saturated carbocycles. The zero-order valence-corrected chi connectivity index (χ0v) is 18.6. The molecule has 29 heavy (non-hydrogen) atoms. The van der Waals surface area contributed by atoms with Gasteiger partial charge in [-0.05, 0) is 44.7 Å². The van der Waals surface area contributed by atoms with Crippen molar-refractivity contribution in [3.63, 3.8) is 0 Å².